The molecule has 3 nitrogen and oxygen atoms in total. The number of hydrogen-bond acceptors (Lipinski definition) is 3. The third-order valence-corrected chi connectivity index (χ3v) is 1.90. The van der Waals surface area contributed by atoms with Crippen LogP contribution in [0.2, 0.25) is 0 Å². The van der Waals surface area contributed by atoms with Gasteiger partial charge < -0.3 is 14.7 Å². The van der Waals surface area contributed by atoms with Crippen LogP contribution >= 0.6 is 7.94 Å². The van der Waals surface area contributed by atoms with Crippen molar-refractivity contribution in [2.45, 2.75) is 19.5 Å². The predicted molar refractivity (Wildman–Crippen MR) is 27.8 cm³/mol. The van der Waals surface area contributed by atoms with Crippen molar-refractivity contribution < 1.29 is 14.7 Å². The molecule has 0 heterocycles. The second-order valence-corrected chi connectivity index (χ2v) is 3.75. The van der Waals surface area contributed by atoms with E-state index in [0.29, 0.717) is 0 Å². The van der Waals surface area contributed by atoms with Gasteiger partial charge in [-0.3, -0.25) is 0 Å². The van der Waals surface area contributed by atoms with E-state index < -0.39 is 13.6 Å². The molecule has 0 spiro atoms. The Kier molecular flexibility index (Phi) is 6.74. The van der Waals surface area contributed by atoms with Crippen molar-refractivity contribution in [1.82, 2.24) is 0 Å². The Balaban J connectivity index is 0. The fourth-order valence-electron chi connectivity index (χ4n) is 0. The van der Waals surface area contributed by atoms with Gasteiger partial charge >= 0.3 is 37.7 Å². The summed E-state index contributed by atoms with van der Waals surface area (Å²) >= 11 is 0. The van der Waals surface area contributed by atoms with E-state index in [1.165, 1.54) is 13.8 Å². The molecule has 0 aromatic rings. The fourth-order valence-corrected chi connectivity index (χ4v) is 0. The minimum atomic E-state index is -4.24. The third-order valence-electron chi connectivity index (χ3n) is 0.632. The molecule has 44 valence electrons. The Morgan fingerprint density at radius 3 is 1.25 bits per heavy atom. The molecule has 0 unspecified atom stereocenters. The molecule has 0 amide bonds. The third kappa shape index (κ3) is 5.70. The van der Waals surface area contributed by atoms with Crippen LogP contribution in [0.5, 0.6) is 0 Å². The average molecular weight is 162 g/mol. The number of rotatable bonds is 1. The molecule has 0 aromatic carbocycles. The molecule has 0 atom stereocenters. The molecule has 0 aliphatic rings. The van der Waals surface area contributed by atoms with Crippen molar-refractivity contribution in [1.29, 1.82) is 0 Å². The summed E-state index contributed by atoms with van der Waals surface area (Å²) in [5.41, 5.74) is -0.757. The molecule has 8 heavy (non-hydrogen) atoms. The zero-order valence-electron chi connectivity index (χ0n) is 4.96. The maximum atomic E-state index is 9.80. The predicted octanol–water partition coefficient (Wildman–Crippen LogP) is -2.14. The van der Waals surface area contributed by atoms with Gasteiger partial charge in [0.05, 0.1) is 0 Å². The summed E-state index contributed by atoms with van der Waals surface area (Å²) in [5.74, 6) is 0. The molecular formula is C3H7CaO3P. The van der Waals surface area contributed by atoms with Crippen molar-refractivity contribution in [3.05, 3.63) is 0 Å². The first-order valence-corrected chi connectivity index (χ1v) is 3.57. The molecule has 0 aromatic heterocycles. The normalized spacial score (nSPS) is 11.2. The van der Waals surface area contributed by atoms with Gasteiger partial charge in [-0.2, -0.15) is 7.94 Å². The van der Waals surface area contributed by atoms with Gasteiger partial charge in [-0.25, -0.2) is 0 Å². The zero-order valence-corrected chi connectivity index (χ0v) is 8.06. The van der Waals surface area contributed by atoms with Crippen molar-refractivity contribution in [3.63, 3.8) is 0 Å². The first-order chi connectivity index (χ1) is 2.94. The van der Waals surface area contributed by atoms with Crippen LogP contribution in [-0.4, -0.2) is 43.4 Å². The maximum absolute atomic E-state index is 9.80. The van der Waals surface area contributed by atoms with Crippen LogP contribution in [0, 0.1) is 0 Å². The Morgan fingerprint density at radius 1 is 1.12 bits per heavy atom. The van der Waals surface area contributed by atoms with Gasteiger partial charge in [-0.1, -0.05) is 0 Å². The summed E-state index contributed by atoms with van der Waals surface area (Å²) in [7, 11) is -4.24. The second-order valence-electron chi connectivity index (χ2n) is 1.63. The second kappa shape index (κ2) is 4.40. The molecule has 0 radical (unpaired) electrons. The number of hydrogen-bond donors (Lipinski definition) is 0. The molecule has 0 N–H and O–H groups in total. The minimum Gasteiger partial charge on any atom is -0.687 e. The smallest absolute Gasteiger partial charge is 0.687 e. The fraction of sp³-hybridized carbons (Fsp3) is 1.00. The summed E-state index contributed by atoms with van der Waals surface area (Å²) in [6.45, 7) is 2.72. The minimum absolute atomic E-state index is 0. The van der Waals surface area contributed by atoms with Crippen LogP contribution in [-0.2, 0) is 0 Å². The summed E-state index contributed by atoms with van der Waals surface area (Å²) in [6, 6.07) is 0. The van der Waals surface area contributed by atoms with Gasteiger partial charge in [0.2, 0.25) is 0 Å². The molecular weight excluding hydrogens is 155 g/mol. The SMILES string of the molecule is CC(C)[P+]([O-])([O-])[O-].[Ca+2]. The summed E-state index contributed by atoms with van der Waals surface area (Å²) in [4.78, 5) is 29.4. The van der Waals surface area contributed by atoms with Crippen LogP contribution in [0.3, 0.4) is 0 Å². The Labute approximate surface area is 79.3 Å². The quantitative estimate of drug-likeness (QED) is 0.326. The van der Waals surface area contributed by atoms with E-state index >= 15 is 0 Å². The zero-order chi connectivity index (χ0) is 6.08. The Hall–Kier alpha value is 1.57. The molecule has 0 rings (SSSR count). The van der Waals surface area contributed by atoms with Crippen LogP contribution in [0.1, 0.15) is 13.8 Å². The van der Waals surface area contributed by atoms with Crippen molar-refractivity contribution >= 4 is 45.7 Å². The standard InChI is InChI=1S/C3H9O3P.Ca/c1-3(2)7(4,5)6;/h3H,1-2H3,(H2,4,5,6);/q;+2/p-2. The van der Waals surface area contributed by atoms with Gasteiger partial charge in [0, 0.05) is 5.66 Å². The van der Waals surface area contributed by atoms with Crippen LogP contribution in [0.15, 0.2) is 0 Å². The molecule has 0 aliphatic carbocycles. The van der Waals surface area contributed by atoms with E-state index in [1.54, 1.807) is 0 Å². The summed E-state index contributed by atoms with van der Waals surface area (Å²) in [6.07, 6.45) is 0. The van der Waals surface area contributed by atoms with Crippen molar-refractivity contribution in [2.75, 3.05) is 0 Å². The van der Waals surface area contributed by atoms with E-state index in [9.17, 15) is 14.7 Å². The van der Waals surface area contributed by atoms with E-state index in [1.807, 2.05) is 0 Å². The molecule has 0 saturated carbocycles. The topological polar surface area (TPSA) is 69.2 Å². The van der Waals surface area contributed by atoms with E-state index in [4.69, 9.17) is 0 Å². The summed E-state index contributed by atoms with van der Waals surface area (Å²) in [5, 5.41) is 0. The monoisotopic (exact) mass is 162 g/mol. The Morgan fingerprint density at radius 2 is 1.25 bits per heavy atom. The van der Waals surface area contributed by atoms with Gasteiger partial charge in [0.15, 0.2) is 0 Å². The molecule has 0 aliphatic heterocycles. The average Bonchev–Trinajstić information content (AvgIpc) is 1.31. The van der Waals surface area contributed by atoms with E-state index in [2.05, 4.69) is 0 Å². The molecule has 0 saturated heterocycles. The first kappa shape index (κ1) is 12.3. The van der Waals surface area contributed by atoms with E-state index in [0.717, 1.165) is 0 Å². The van der Waals surface area contributed by atoms with Gasteiger partial charge in [0.1, 0.15) is 0 Å². The van der Waals surface area contributed by atoms with Gasteiger partial charge in [-0.15, -0.1) is 0 Å². The van der Waals surface area contributed by atoms with Crippen LogP contribution in [0.4, 0.5) is 0 Å². The van der Waals surface area contributed by atoms with E-state index in [-0.39, 0.29) is 37.7 Å². The molecule has 5 heteroatoms. The Bertz CT molecular complexity index is 60.0. The molecule has 0 fully saturated rings. The van der Waals surface area contributed by atoms with Gasteiger partial charge in [0.25, 0.3) is 0 Å². The van der Waals surface area contributed by atoms with Crippen LogP contribution in [0.25, 0.3) is 0 Å². The van der Waals surface area contributed by atoms with Crippen LogP contribution < -0.4 is 14.7 Å². The first-order valence-electron chi connectivity index (χ1n) is 1.96. The summed E-state index contributed by atoms with van der Waals surface area (Å²) < 4.78 is 0. The molecule has 0 bridgehead atoms. The maximum Gasteiger partial charge on any atom is 2.00 e. The largest absolute Gasteiger partial charge is 2.00 e. The van der Waals surface area contributed by atoms with Crippen molar-refractivity contribution in [2.24, 2.45) is 0 Å². The van der Waals surface area contributed by atoms with Crippen molar-refractivity contribution in [3.8, 4) is 0 Å². The van der Waals surface area contributed by atoms with Gasteiger partial charge in [-0.05, 0) is 13.8 Å².